The minimum atomic E-state index is -4.07. The number of carbonyl (C=O) groups excluding carboxylic acids is 2. The first-order chi connectivity index (χ1) is 12.6. The van der Waals surface area contributed by atoms with Gasteiger partial charge in [0.15, 0.2) is 6.61 Å². The van der Waals surface area contributed by atoms with Gasteiger partial charge in [0.2, 0.25) is 5.91 Å². The summed E-state index contributed by atoms with van der Waals surface area (Å²) in [5.41, 5.74) is 0.441. The van der Waals surface area contributed by atoms with Crippen molar-refractivity contribution in [3.63, 3.8) is 0 Å². The molecule has 2 amide bonds. The van der Waals surface area contributed by atoms with Gasteiger partial charge in [0.25, 0.3) is 15.9 Å². The van der Waals surface area contributed by atoms with Crippen LogP contribution in [0, 0.1) is 0 Å². The maximum Gasteiger partial charge on any atom is 0.273 e. The van der Waals surface area contributed by atoms with Crippen LogP contribution in [0.3, 0.4) is 0 Å². The zero-order valence-electron chi connectivity index (χ0n) is 14.4. The van der Waals surface area contributed by atoms with Gasteiger partial charge >= 0.3 is 0 Å². The molecule has 0 saturated heterocycles. The molecule has 0 bridgehead atoms. The lowest BCUT2D eigenvalue weighted by atomic mass is 10.3. The normalized spacial score (nSPS) is 11.0. The third-order valence-corrected chi connectivity index (χ3v) is 5.61. The number of likely N-dealkylation sites (N-methyl/N-ethyl adjacent to an activating group) is 1. The summed E-state index contributed by atoms with van der Waals surface area (Å²) in [6, 6.07) is 9.85. The number of nitrogens with zero attached hydrogens (tertiary/aromatic N) is 1. The molecule has 27 heavy (non-hydrogen) atoms. The maximum absolute atomic E-state index is 12.5. The van der Waals surface area contributed by atoms with Crippen LogP contribution in [-0.2, 0) is 19.6 Å². The van der Waals surface area contributed by atoms with Crippen molar-refractivity contribution in [1.82, 2.24) is 4.31 Å². The van der Waals surface area contributed by atoms with E-state index in [-0.39, 0.29) is 16.6 Å². The lowest BCUT2D eigenvalue weighted by molar-refractivity contribution is -0.127. The Kier molecular flexibility index (Phi) is 6.69. The lowest BCUT2D eigenvalue weighted by Gasteiger charge is -2.18. The fourth-order valence-corrected chi connectivity index (χ4v) is 3.68. The second kappa shape index (κ2) is 8.60. The van der Waals surface area contributed by atoms with Crippen LogP contribution in [0.25, 0.3) is 0 Å². The predicted octanol–water partition coefficient (Wildman–Crippen LogP) is 3.18. The molecular weight excluding hydrogens is 415 g/mol. The summed E-state index contributed by atoms with van der Waals surface area (Å²) in [6.45, 7) is 0.820. The summed E-state index contributed by atoms with van der Waals surface area (Å²) in [5, 5.41) is 3.18. The fourth-order valence-electron chi connectivity index (χ4n) is 2.05. The average molecular weight is 431 g/mol. The molecule has 0 unspecified atom stereocenters. The summed E-state index contributed by atoms with van der Waals surface area (Å²) >= 11 is 11.7. The van der Waals surface area contributed by atoms with Gasteiger partial charge in [0.05, 0.1) is 4.90 Å². The number of hydrogen-bond acceptors (Lipinski definition) is 5. The third-order valence-electron chi connectivity index (χ3n) is 3.38. The molecule has 0 saturated carbocycles. The van der Waals surface area contributed by atoms with Gasteiger partial charge in [-0.15, -0.1) is 0 Å². The van der Waals surface area contributed by atoms with Crippen molar-refractivity contribution < 1.29 is 22.7 Å². The molecule has 2 aromatic carbocycles. The quantitative estimate of drug-likeness (QED) is 0.759. The van der Waals surface area contributed by atoms with Crippen LogP contribution in [0.1, 0.15) is 6.92 Å². The van der Waals surface area contributed by atoms with E-state index in [2.05, 4.69) is 5.32 Å². The molecule has 0 aliphatic heterocycles. The molecule has 10 heteroatoms. The van der Waals surface area contributed by atoms with Crippen LogP contribution in [0.15, 0.2) is 47.4 Å². The van der Waals surface area contributed by atoms with E-state index >= 15 is 0 Å². The predicted molar refractivity (Wildman–Crippen MR) is 103 cm³/mol. The van der Waals surface area contributed by atoms with Crippen molar-refractivity contribution in [3.05, 3.63) is 52.5 Å². The summed E-state index contributed by atoms with van der Waals surface area (Å²) in [5.74, 6) is -0.820. The van der Waals surface area contributed by atoms with E-state index in [0.29, 0.717) is 20.0 Å². The highest BCUT2D eigenvalue weighted by atomic mass is 35.5. The van der Waals surface area contributed by atoms with E-state index in [1.54, 1.807) is 0 Å². The first-order valence-corrected chi connectivity index (χ1v) is 9.77. The van der Waals surface area contributed by atoms with Crippen LogP contribution in [0.4, 0.5) is 5.69 Å². The number of anilines is 1. The van der Waals surface area contributed by atoms with Gasteiger partial charge in [0, 0.05) is 29.7 Å². The number of carbonyl (C=O) groups is 2. The molecule has 2 aromatic rings. The van der Waals surface area contributed by atoms with Gasteiger partial charge in [-0.3, -0.25) is 9.59 Å². The van der Waals surface area contributed by atoms with Crippen molar-refractivity contribution in [2.24, 2.45) is 0 Å². The summed E-state index contributed by atoms with van der Waals surface area (Å²) in [6.07, 6.45) is 0. The maximum atomic E-state index is 12.5. The van der Waals surface area contributed by atoms with E-state index in [1.807, 2.05) is 0 Å². The second-order valence-electron chi connectivity index (χ2n) is 5.47. The van der Waals surface area contributed by atoms with Crippen molar-refractivity contribution in [3.8, 4) is 5.75 Å². The monoisotopic (exact) mass is 430 g/mol. The number of hydrogen-bond donors (Lipinski definition) is 1. The number of ether oxygens (including phenoxy) is 1. The highest BCUT2D eigenvalue weighted by Crippen LogP contribution is 2.24. The Morgan fingerprint density at radius 3 is 2.15 bits per heavy atom. The second-order valence-corrected chi connectivity index (χ2v) is 8.31. The first-order valence-electron chi connectivity index (χ1n) is 7.58. The SMILES string of the molecule is CC(=O)Nc1ccc(S(=O)(=O)N(C)C(=O)COc2cc(Cl)cc(Cl)c2)cc1. The van der Waals surface area contributed by atoms with Crippen molar-refractivity contribution >= 4 is 50.7 Å². The molecule has 0 aliphatic carbocycles. The molecule has 2 rings (SSSR count). The Balaban J connectivity index is 2.08. The average Bonchev–Trinajstić information content (AvgIpc) is 2.58. The van der Waals surface area contributed by atoms with Gasteiger partial charge in [-0.05, 0) is 42.5 Å². The van der Waals surface area contributed by atoms with Crippen LogP contribution in [-0.4, -0.2) is 38.2 Å². The van der Waals surface area contributed by atoms with Gasteiger partial charge < -0.3 is 10.1 Å². The molecule has 0 aliphatic rings. The number of sulfonamides is 1. The Morgan fingerprint density at radius 2 is 1.63 bits per heavy atom. The van der Waals surface area contributed by atoms with Crippen LogP contribution in [0.5, 0.6) is 5.75 Å². The van der Waals surface area contributed by atoms with Gasteiger partial charge in [-0.1, -0.05) is 23.2 Å². The number of amides is 2. The summed E-state index contributed by atoms with van der Waals surface area (Å²) < 4.78 is 31.0. The number of halogens is 2. The van der Waals surface area contributed by atoms with E-state index in [1.165, 1.54) is 49.4 Å². The zero-order valence-corrected chi connectivity index (χ0v) is 16.7. The van der Waals surface area contributed by atoms with Crippen LogP contribution >= 0.6 is 23.2 Å². The molecule has 0 aromatic heterocycles. The van der Waals surface area contributed by atoms with E-state index in [0.717, 1.165) is 7.05 Å². The molecule has 7 nitrogen and oxygen atoms in total. The Bertz CT molecular complexity index is 942. The molecule has 1 N–H and O–H groups in total. The minimum Gasteiger partial charge on any atom is -0.484 e. The Hall–Kier alpha value is -2.29. The molecule has 144 valence electrons. The topological polar surface area (TPSA) is 92.8 Å². The number of nitrogens with one attached hydrogen (secondary N) is 1. The van der Waals surface area contributed by atoms with Gasteiger partial charge in [0.1, 0.15) is 5.75 Å². The Morgan fingerprint density at radius 1 is 1.07 bits per heavy atom. The van der Waals surface area contributed by atoms with Gasteiger partial charge in [-0.2, -0.15) is 0 Å². The minimum absolute atomic E-state index is 0.0988. The van der Waals surface area contributed by atoms with Crippen LogP contribution < -0.4 is 10.1 Å². The van der Waals surface area contributed by atoms with E-state index < -0.39 is 22.5 Å². The first kappa shape index (κ1) is 21.0. The van der Waals surface area contributed by atoms with Gasteiger partial charge in [-0.25, -0.2) is 12.7 Å². The summed E-state index contributed by atoms with van der Waals surface area (Å²) in [4.78, 5) is 23.1. The number of benzene rings is 2. The molecule has 0 fully saturated rings. The molecule has 0 radical (unpaired) electrons. The highest BCUT2D eigenvalue weighted by Gasteiger charge is 2.26. The lowest BCUT2D eigenvalue weighted by Crippen LogP contribution is -2.36. The van der Waals surface area contributed by atoms with E-state index in [4.69, 9.17) is 27.9 Å². The summed E-state index contributed by atoms with van der Waals surface area (Å²) in [7, 11) is -2.93. The van der Waals surface area contributed by atoms with Crippen molar-refractivity contribution in [2.75, 3.05) is 19.0 Å². The highest BCUT2D eigenvalue weighted by molar-refractivity contribution is 7.89. The van der Waals surface area contributed by atoms with Crippen molar-refractivity contribution in [1.29, 1.82) is 0 Å². The third kappa shape index (κ3) is 5.59. The Labute approximate surface area is 166 Å². The van der Waals surface area contributed by atoms with Crippen molar-refractivity contribution in [2.45, 2.75) is 11.8 Å². The standard InChI is InChI=1S/C17H16Cl2N2O5S/c1-11(22)20-14-3-5-16(6-4-14)27(24,25)21(2)17(23)10-26-15-8-12(18)7-13(19)9-15/h3-9H,10H2,1-2H3,(H,20,22). The largest absolute Gasteiger partial charge is 0.484 e. The van der Waals surface area contributed by atoms with Crippen LogP contribution in [0.2, 0.25) is 10.0 Å². The molecule has 0 atom stereocenters. The number of rotatable bonds is 6. The fraction of sp³-hybridized carbons (Fsp3) is 0.176. The zero-order chi connectivity index (χ0) is 20.2. The molecular formula is C17H16Cl2N2O5S. The van der Waals surface area contributed by atoms with E-state index in [9.17, 15) is 18.0 Å². The molecule has 0 spiro atoms. The smallest absolute Gasteiger partial charge is 0.273 e. The molecule has 0 heterocycles.